The Hall–Kier alpha value is -1.19. The second-order valence-corrected chi connectivity index (χ2v) is 4.33. The fourth-order valence-corrected chi connectivity index (χ4v) is 2.06. The number of methoxy groups -OCH3 is 2. The molecule has 0 saturated carbocycles. The second-order valence-electron chi connectivity index (χ2n) is 3.92. The topological polar surface area (TPSA) is 30.5 Å². The van der Waals surface area contributed by atoms with Gasteiger partial charge in [-0.3, -0.25) is 0 Å². The summed E-state index contributed by atoms with van der Waals surface area (Å²) in [4.78, 5) is 0. The van der Waals surface area contributed by atoms with Crippen molar-refractivity contribution in [3.05, 3.63) is 28.3 Å². The van der Waals surface area contributed by atoms with Crippen molar-refractivity contribution < 1.29 is 9.47 Å². The summed E-state index contributed by atoms with van der Waals surface area (Å²) >= 11 is 6.17. The fourth-order valence-electron chi connectivity index (χ4n) is 1.76. The number of halogens is 1. The molecule has 1 aromatic carbocycles. The van der Waals surface area contributed by atoms with Gasteiger partial charge >= 0.3 is 0 Å². The lowest BCUT2D eigenvalue weighted by Gasteiger charge is -2.11. The summed E-state index contributed by atoms with van der Waals surface area (Å²) in [6, 6.07) is 3.81. The van der Waals surface area contributed by atoms with E-state index in [1.165, 1.54) is 5.57 Å². The van der Waals surface area contributed by atoms with Crippen molar-refractivity contribution in [2.24, 2.45) is 0 Å². The number of benzene rings is 1. The van der Waals surface area contributed by atoms with Crippen molar-refractivity contribution in [3.63, 3.8) is 0 Å². The summed E-state index contributed by atoms with van der Waals surface area (Å²) in [5.74, 6) is 1.22. The first-order valence-electron chi connectivity index (χ1n) is 5.91. The van der Waals surface area contributed by atoms with Crippen LogP contribution in [-0.4, -0.2) is 27.8 Å². The van der Waals surface area contributed by atoms with Gasteiger partial charge in [-0.15, -0.1) is 0 Å². The maximum Gasteiger partial charge on any atom is 0.179 e. The first-order chi connectivity index (χ1) is 8.65. The number of hydrogen-bond donors (Lipinski definition) is 1. The lowest BCUT2D eigenvalue weighted by atomic mass is 10.1. The third kappa shape index (κ3) is 3.65. The van der Waals surface area contributed by atoms with E-state index >= 15 is 0 Å². The molecule has 1 rings (SSSR count). The minimum absolute atomic E-state index is 0.558. The van der Waals surface area contributed by atoms with Crippen LogP contribution < -0.4 is 14.8 Å². The molecule has 0 spiro atoms. The number of likely N-dealkylation sites (N-methyl/N-ethyl adjacent to an activating group) is 1. The van der Waals surface area contributed by atoms with E-state index in [2.05, 4.69) is 18.3 Å². The van der Waals surface area contributed by atoms with Crippen molar-refractivity contribution >= 4 is 17.7 Å². The van der Waals surface area contributed by atoms with Gasteiger partial charge in [-0.05, 0) is 31.2 Å². The van der Waals surface area contributed by atoms with Gasteiger partial charge in [-0.2, -0.15) is 0 Å². The van der Waals surface area contributed by atoms with E-state index in [4.69, 9.17) is 21.1 Å². The van der Waals surface area contributed by atoms with Crippen molar-refractivity contribution in [1.29, 1.82) is 0 Å². The second kappa shape index (κ2) is 7.29. The minimum Gasteiger partial charge on any atom is -0.493 e. The standard InChI is InChI=1S/C14H20ClNO2/c1-5-10(9-16-2)6-11-7-12(15)14(18-4)13(8-11)17-3/h6-8,16H,5,9H2,1-4H3. The van der Waals surface area contributed by atoms with E-state index in [1.807, 2.05) is 19.2 Å². The molecule has 18 heavy (non-hydrogen) atoms. The Labute approximate surface area is 114 Å². The van der Waals surface area contributed by atoms with Crippen molar-refractivity contribution in [2.45, 2.75) is 13.3 Å². The summed E-state index contributed by atoms with van der Waals surface area (Å²) in [5.41, 5.74) is 2.32. The van der Waals surface area contributed by atoms with Crippen LogP contribution in [-0.2, 0) is 0 Å². The summed E-state index contributed by atoms with van der Waals surface area (Å²) in [5, 5.41) is 3.71. The highest BCUT2D eigenvalue weighted by Crippen LogP contribution is 2.36. The van der Waals surface area contributed by atoms with Crippen LogP contribution in [0.5, 0.6) is 11.5 Å². The average molecular weight is 270 g/mol. The minimum atomic E-state index is 0.558. The smallest absolute Gasteiger partial charge is 0.179 e. The Balaban J connectivity index is 3.14. The van der Waals surface area contributed by atoms with Crippen LogP contribution in [0.1, 0.15) is 18.9 Å². The van der Waals surface area contributed by atoms with Gasteiger partial charge in [0.25, 0.3) is 0 Å². The number of hydrogen-bond acceptors (Lipinski definition) is 3. The average Bonchev–Trinajstić information content (AvgIpc) is 2.37. The Bertz CT molecular complexity index is 430. The summed E-state index contributed by atoms with van der Waals surface area (Å²) in [7, 11) is 5.12. The molecule has 0 unspecified atom stereocenters. The third-order valence-corrected chi connectivity index (χ3v) is 2.97. The zero-order valence-corrected chi connectivity index (χ0v) is 12.1. The molecular weight excluding hydrogens is 250 g/mol. The van der Waals surface area contributed by atoms with Crippen molar-refractivity contribution in [1.82, 2.24) is 5.32 Å². The van der Waals surface area contributed by atoms with Crippen molar-refractivity contribution in [2.75, 3.05) is 27.8 Å². The molecule has 4 heteroatoms. The Kier molecular flexibility index (Phi) is 6.02. The van der Waals surface area contributed by atoms with Gasteiger partial charge in [0.05, 0.1) is 19.2 Å². The van der Waals surface area contributed by atoms with Crippen LogP contribution in [0, 0.1) is 0 Å². The van der Waals surface area contributed by atoms with Crippen LogP contribution in [0.25, 0.3) is 6.08 Å². The van der Waals surface area contributed by atoms with Crippen LogP contribution >= 0.6 is 11.6 Å². The highest BCUT2D eigenvalue weighted by Gasteiger charge is 2.10. The zero-order chi connectivity index (χ0) is 13.5. The first-order valence-corrected chi connectivity index (χ1v) is 6.29. The monoisotopic (exact) mass is 269 g/mol. The van der Waals surface area contributed by atoms with E-state index < -0.39 is 0 Å². The molecule has 100 valence electrons. The number of ether oxygens (including phenoxy) is 2. The highest BCUT2D eigenvalue weighted by atomic mass is 35.5. The quantitative estimate of drug-likeness (QED) is 0.859. The Morgan fingerprint density at radius 3 is 2.56 bits per heavy atom. The van der Waals surface area contributed by atoms with E-state index in [9.17, 15) is 0 Å². The SMILES string of the molecule is CCC(=Cc1cc(Cl)c(OC)c(OC)c1)CNC. The Morgan fingerprint density at radius 2 is 2.06 bits per heavy atom. The molecule has 0 atom stereocenters. The van der Waals surface area contributed by atoms with Gasteiger partial charge in [0, 0.05) is 6.54 Å². The van der Waals surface area contributed by atoms with Gasteiger partial charge in [0.1, 0.15) is 0 Å². The lowest BCUT2D eigenvalue weighted by Crippen LogP contribution is -2.09. The summed E-state index contributed by atoms with van der Waals surface area (Å²) < 4.78 is 10.5. The van der Waals surface area contributed by atoms with Crippen molar-refractivity contribution in [3.8, 4) is 11.5 Å². The molecule has 1 aromatic rings. The van der Waals surface area contributed by atoms with Gasteiger partial charge < -0.3 is 14.8 Å². The highest BCUT2D eigenvalue weighted by molar-refractivity contribution is 6.32. The van der Waals surface area contributed by atoms with Gasteiger partial charge in [0.2, 0.25) is 0 Å². The summed E-state index contributed by atoms with van der Waals surface area (Å²) in [6.45, 7) is 2.99. The molecule has 0 saturated heterocycles. The molecule has 0 bridgehead atoms. The fraction of sp³-hybridized carbons (Fsp3) is 0.429. The number of nitrogens with one attached hydrogen (secondary N) is 1. The molecule has 0 radical (unpaired) electrons. The van der Waals surface area contributed by atoms with Gasteiger partial charge in [-0.1, -0.05) is 30.2 Å². The molecule has 0 aromatic heterocycles. The molecular formula is C14H20ClNO2. The molecule has 0 heterocycles. The summed E-state index contributed by atoms with van der Waals surface area (Å²) in [6.07, 6.45) is 3.11. The van der Waals surface area contributed by atoms with E-state index in [-0.39, 0.29) is 0 Å². The van der Waals surface area contributed by atoms with Gasteiger partial charge in [0.15, 0.2) is 11.5 Å². The molecule has 0 aliphatic carbocycles. The molecule has 1 N–H and O–H groups in total. The Morgan fingerprint density at radius 1 is 1.33 bits per heavy atom. The van der Waals surface area contributed by atoms with E-state index in [0.29, 0.717) is 16.5 Å². The zero-order valence-electron chi connectivity index (χ0n) is 11.3. The molecule has 3 nitrogen and oxygen atoms in total. The molecule has 0 aliphatic heterocycles. The van der Waals surface area contributed by atoms with E-state index in [1.54, 1.807) is 14.2 Å². The molecule has 0 fully saturated rings. The molecule has 0 amide bonds. The predicted molar refractivity (Wildman–Crippen MR) is 76.8 cm³/mol. The van der Waals surface area contributed by atoms with Crippen LogP contribution in [0.4, 0.5) is 0 Å². The van der Waals surface area contributed by atoms with Crippen LogP contribution in [0.2, 0.25) is 5.02 Å². The maximum atomic E-state index is 6.17. The van der Waals surface area contributed by atoms with Crippen LogP contribution in [0.3, 0.4) is 0 Å². The molecule has 0 aliphatic rings. The van der Waals surface area contributed by atoms with Gasteiger partial charge in [-0.25, -0.2) is 0 Å². The number of rotatable bonds is 6. The maximum absolute atomic E-state index is 6.17. The lowest BCUT2D eigenvalue weighted by molar-refractivity contribution is 0.355. The predicted octanol–water partition coefficient (Wildman–Crippen LogP) is 3.37. The first kappa shape index (κ1) is 14.9. The normalized spacial score (nSPS) is 11.5. The largest absolute Gasteiger partial charge is 0.493 e. The van der Waals surface area contributed by atoms with E-state index in [0.717, 1.165) is 18.5 Å². The van der Waals surface area contributed by atoms with Crippen LogP contribution in [0.15, 0.2) is 17.7 Å². The third-order valence-electron chi connectivity index (χ3n) is 2.68.